The molecule has 29 heavy (non-hydrogen) atoms. The second kappa shape index (κ2) is 9.54. The number of aryl methyl sites for hydroxylation is 1. The summed E-state index contributed by atoms with van der Waals surface area (Å²) in [6, 6.07) is 15.6. The van der Waals surface area contributed by atoms with Crippen molar-refractivity contribution < 1.29 is 19.1 Å². The maximum atomic E-state index is 12.7. The molecule has 1 aliphatic heterocycles. The molecule has 0 saturated carbocycles. The van der Waals surface area contributed by atoms with Crippen LogP contribution in [0, 0.1) is 6.92 Å². The van der Waals surface area contributed by atoms with Gasteiger partial charge in [0, 0.05) is 0 Å². The molecule has 0 radical (unpaired) electrons. The number of hydrogen-bond donors (Lipinski definition) is 2. The summed E-state index contributed by atoms with van der Waals surface area (Å²) in [6.45, 7) is 3.91. The second-order valence-corrected chi connectivity index (χ2v) is 8.49. The van der Waals surface area contributed by atoms with Gasteiger partial charge in [-0.15, -0.1) is 0 Å². The van der Waals surface area contributed by atoms with E-state index in [1.807, 2.05) is 49.4 Å². The van der Waals surface area contributed by atoms with Crippen LogP contribution in [0.15, 0.2) is 65.9 Å². The van der Waals surface area contributed by atoms with E-state index in [-0.39, 0.29) is 11.3 Å². The minimum absolute atomic E-state index is 0.0113. The molecule has 0 saturated heterocycles. The Balaban J connectivity index is 1.89. The van der Waals surface area contributed by atoms with Crippen molar-refractivity contribution in [3.05, 3.63) is 82.6 Å². The second-order valence-electron chi connectivity index (χ2n) is 6.50. The molecule has 150 valence electrons. The molecule has 6 nitrogen and oxygen atoms in total. The summed E-state index contributed by atoms with van der Waals surface area (Å²) in [5, 5.41) is 5.80. The van der Waals surface area contributed by atoms with E-state index in [1.165, 1.54) is 0 Å². The van der Waals surface area contributed by atoms with E-state index >= 15 is 0 Å². The van der Waals surface area contributed by atoms with Crippen molar-refractivity contribution in [3.8, 4) is 0 Å². The zero-order valence-electron chi connectivity index (χ0n) is 16.2. The van der Waals surface area contributed by atoms with Crippen LogP contribution in [0.3, 0.4) is 0 Å². The predicted molar refractivity (Wildman–Crippen MR) is 111 cm³/mol. The van der Waals surface area contributed by atoms with Gasteiger partial charge in [-0.2, -0.15) is 0 Å². The monoisotopic (exact) mass is 458 g/mol. The average Bonchev–Trinajstić information content (AvgIpc) is 2.72. The number of carbonyl (C=O) groups excluding carboxylic acids is 3. The van der Waals surface area contributed by atoms with E-state index < -0.39 is 33.0 Å². The van der Waals surface area contributed by atoms with E-state index in [2.05, 4.69) is 10.6 Å². The van der Waals surface area contributed by atoms with Crippen LogP contribution in [0.2, 0.25) is 5.32 Å². The third kappa shape index (κ3) is 5.13. The Morgan fingerprint density at radius 3 is 2.41 bits per heavy atom. The van der Waals surface area contributed by atoms with Crippen molar-refractivity contribution in [2.24, 2.45) is 0 Å². The number of ether oxygens (including phenoxy) is 1. The van der Waals surface area contributed by atoms with E-state index in [0.29, 0.717) is 22.2 Å². The SMILES string of the molecule is CCOC(=O)C1=C(C[Se]C(=O)c2ccc(C)cc2)NC(=O)NC1c1ccccc1. The van der Waals surface area contributed by atoms with Crippen molar-refractivity contribution in [2.75, 3.05) is 6.61 Å². The van der Waals surface area contributed by atoms with E-state index in [1.54, 1.807) is 19.1 Å². The number of nitrogens with one attached hydrogen (secondary N) is 2. The molecule has 7 heteroatoms. The fourth-order valence-corrected chi connectivity index (χ4v) is 4.68. The Kier molecular flexibility index (Phi) is 6.86. The molecule has 1 heterocycles. The van der Waals surface area contributed by atoms with E-state index in [0.717, 1.165) is 11.1 Å². The molecule has 2 amide bonds. The quantitative estimate of drug-likeness (QED) is 0.494. The Hall–Kier alpha value is -2.89. The van der Waals surface area contributed by atoms with Gasteiger partial charge in [0.2, 0.25) is 0 Å². The molecular weight excluding hydrogens is 435 g/mol. The fraction of sp³-hybridized carbons (Fsp3) is 0.227. The van der Waals surface area contributed by atoms with E-state index in [4.69, 9.17) is 4.74 Å². The van der Waals surface area contributed by atoms with Gasteiger partial charge < -0.3 is 0 Å². The Labute approximate surface area is 175 Å². The molecule has 2 aromatic rings. The van der Waals surface area contributed by atoms with Gasteiger partial charge in [0.1, 0.15) is 0 Å². The van der Waals surface area contributed by atoms with Gasteiger partial charge in [-0.05, 0) is 0 Å². The molecule has 2 N–H and O–H groups in total. The summed E-state index contributed by atoms with van der Waals surface area (Å²) in [5.74, 6) is -0.498. The Morgan fingerprint density at radius 2 is 1.76 bits per heavy atom. The molecular formula is C22H22N2O4Se. The summed E-state index contributed by atoms with van der Waals surface area (Å²) in [6.07, 6.45) is 0. The van der Waals surface area contributed by atoms with Crippen LogP contribution < -0.4 is 10.6 Å². The standard InChI is InChI=1S/C22H22N2O4Se/c1-3-28-20(25)18-17(13-29-21(26)16-11-9-14(2)10-12-16)23-22(27)24-19(18)15-7-5-4-6-8-15/h4-12,19H,3,13H2,1-2H3,(H2,23,24,27). The van der Waals surface area contributed by atoms with Crippen molar-refractivity contribution >= 4 is 31.6 Å². The number of rotatable bonds is 7. The minimum atomic E-state index is -0.621. The van der Waals surface area contributed by atoms with Crippen molar-refractivity contribution in [1.29, 1.82) is 0 Å². The molecule has 1 aliphatic rings. The van der Waals surface area contributed by atoms with Gasteiger partial charge in [0.25, 0.3) is 0 Å². The summed E-state index contributed by atoms with van der Waals surface area (Å²) >= 11 is -0.478. The van der Waals surface area contributed by atoms with Crippen molar-refractivity contribution in [2.45, 2.75) is 25.2 Å². The maximum absolute atomic E-state index is 12.7. The zero-order valence-corrected chi connectivity index (χ0v) is 17.9. The van der Waals surface area contributed by atoms with Crippen LogP contribution in [0.5, 0.6) is 0 Å². The number of benzene rings is 2. The summed E-state index contributed by atoms with van der Waals surface area (Å²) in [7, 11) is 0. The van der Waals surface area contributed by atoms with Crippen LogP contribution in [0.25, 0.3) is 0 Å². The third-order valence-corrected chi connectivity index (χ3v) is 6.37. The number of allylic oxidation sites excluding steroid dienone is 1. The molecule has 0 bridgehead atoms. The Bertz CT molecular complexity index is 939. The third-order valence-electron chi connectivity index (χ3n) is 4.42. The summed E-state index contributed by atoms with van der Waals surface area (Å²) in [5.41, 5.74) is 3.28. The molecule has 0 spiro atoms. The average molecular weight is 457 g/mol. The number of urea groups is 1. The number of hydrogen-bond acceptors (Lipinski definition) is 4. The van der Waals surface area contributed by atoms with E-state index in [9.17, 15) is 14.4 Å². The normalized spacial score (nSPS) is 16.1. The van der Waals surface area contributed by atoms with Crippen LogP contribution in [-0.2, 0) is 9.53 Å². The molecule has 0 fully saturated rings. The molecule has 2 aromatic carbocycles. The van der Waals surface area contributed by atoms with Gasteiger partial charge in [-0.25, -0.2) is 0 Å². The molecule has 0 aromatic heterocycles. The van der Waals surface area contributed by atoms with Gasteiger partial charge in [-0.1, -0.05) is 0 Å². The number of carbonyl (C=O) groups is 3. The molecule has 1 unspecified atom stereocenters. The first kappa shape index (κ1) is 20.8. The van der Waals surface area contributed by atoms with Crippen LogP contribution in [0.4, 0.5) is 4.79 Å². The summed E-state index contributed by atoms with van der Waals surface area (Å²) < 4.78 is 5.25. The van der Waals surface area contributed by atoms with Gasteiger partial charge in [-0.3, -0.25) is 0 Å². The first-order valence-electron chi connectivity index (χ1n) is 9.26. The fourth-order valence-electron chi connectivity index (χ4n) is 2.99. The summed E-state index contributed by atoms with van der Waals surface area (Å²) in [4.78, 5) is 37.5. The molecule has 0 aliphatic carbocycles. The zero-order chi connectivity index (χ0) is 20.8. The van der Waals surface area contributed by atoms with Gasteiger partial charge in [0.15, 0.2) is 0 Å². The predicted octanol–water partition coefficient (Wildman–Crippen LogP) is 3.13. The molecule has 3 rings (SSSR count). The van der Waals surface area contributed by atoms with Gasteiger partial charge >= 0.3 is 176 Å². The van der Waals surface area contributed by atoms with Gasteiger partial charge in [0.05, 0.1) is 0 Å². The topological polar surface area (TPSA) is 84.5 Å². The van der Waals surface area contributed by atoms with Crippen molar-refractivity contribution in [1.82, 2.24) is 10.6 Å². The van der Waals surface area contributed by atoms with Crippen LogP contribution in [0.1, 0.15) is 34.5 Å². The van der Waals surface area contributed by atoms with Crippen molar-refractivity contribution in [3.63, 3.8) is 0 Å². The number of esters is 1. The first-order valence-corrected chi connectivity index (χ1v) is 11.3. The molecule has 1 atom stereocenters. The van der Waals surface area contributed by atoms with Crippen LogP contribution in [-0.4, -0.2) is 38.2 Å². The van der Waals surface area contributed by atoms with Crippen LogP contribution >= 0.6 is 0 Å². The first-order chi connectivity index (χ1) is 14.0. The number of amides is 2. The Morgan fingerprint density at radius 1 is 1.07 bits per heavy atom.